The molecule has 0 bridgehead atoms. The number of benzene rings is 2. The number of rotatable bonds is 2. The number of carbonyl (C=O) groups excluding carboxylic acids is 1. The summed E-state index contributed by atoms with van der Waals surface area (Å²) in [5.74, 6) is -0.194. The molecule has 1 aliphatic heterocycles. The predicted molar refractivity (Wildman–Crippen MR) is 82.2 cm³/mol. The highest BCUT2D eigenvalue weighted by molar-refractivity contribution is 5.94. The van der Waals surface area contributed by atoms with Crippen molar-refractivity contribution in [1.29, 1.82) is 0 Å². The summed E-state index contributed by atoms with van der Waals surface area (Å²) in [6, 6.07) is 13.5. The van der Waals surface area contributed by atoms with Crippen LogP contribution in [0.25, 0.3) is 0 Å². The van der Waals surface area contributed by atoms with Crippen molar-refractivity contribution in [3.63, 3.8) is 0 Å². The molecule has 6 heteroatoms. The Morgan fingerprint density at radius 1 is 1.04 bits per heavy atom. The van der Waals surface area contributed by atoms with Gasteiger partial charge in [-0.3, -0.25) is 4.79 Å². The van der Waals surface area contributed by atoms with E-state index < -0.39 is 18.0 Å². The standard InChI is InChI=1S/C18H16F3NO2/c19-18(20,21)15-9-7-14(8-10-15)17-22(11-4-12-24-17)16(23)13-5-2-1-3-6-13/h1-3,5-10,17H,4,11-12H2/t17-/m1/s1. The van der Waals surface area contributed by atoms with Crippen LogP contribution in [0.15, 0.2) is 54.6 Å². The summed E-state index contributed by atoms with van der Waals surface area (Å²) >= 11 is 0. The molecular weight excluding hydrogens is 319 g/mol. The van der Waals surface area contributed by atoms with Crippen molar-refractivity contribution in [2.24, 2.45) is 0 Å². The van der Waals surface area contributed by atoms with Crippen LogP contribution in [0, 0.1) is 0 Å². The maximum absolute atomic E-state index is 12.7. The van der Waals surface area contributed by atoms with E-state index in [1.165, 1.54) is 12.1 Å². The van der Waals surface area contributed by atoms with Crippen LogP contribution in [0.4, 0.5) is 13.2 Å². The maximum Gasteiger partial charge on any atom is 0.416 e. The third-order valence-corrected chi connectivity index (χ3v) is 3.91. The lowest BCUT2D eigenvalue weighted by Crippen LogP contribution is -2.41. The number of hydrogen-bond donors (Lipinski definition) is 0. The third-order valence-electron chi connectivity index (χ3n) is 3.91. The summed E-state index contributed by atoms with van der Waals surface area (Å²) in [4.78, 5) is 14.2. The largest absolute Gasteiger partial charge is 0.416 e. The van der Waals surface area contributed by atoms with Gasteiger partial charge in [-0.25, -0.2) is 0 Å². The Bertz CT molecular complexity index is 698. The van der Waals surface area contributed by atoms with Crippen LogP contribution >= 0.6 is 0 Å². The first-order valence-electron chi connectivity index (χ1n) is 7.61. The molecule has 0 aromatic heterocycles. The Morgan fingerprint density at radius 2 is 1.71 bits per heavy atom. The van der Waals surface area contributed by atoms with E-state index in [2.05, 4.69) is 0 Å². The zero-order chi connectivity index (χ0) is 17.2. The molecule has 0 spiro atoms. The Hall–Kier alpha value is -2.34. The molecule has 0 unspecified atom stereocenters. The maximum atomic E-state index is 12.7. The van der Waals surface area contributed by atoms with Gasteiger partial charge in [0.25, 0.3) is 5.91 Å². The molecule has 1 aliphatic rings. The molecule has 1 fully saturated rings. The Balaban J connectivity index is 1.86. The molecular formula is C18H16F3NO2. The van der Waals surface area contributed by atoms with E-state index >= 15 is 0 Å². The minimum Gasteiger partial charge on any atom is -0.354 e. The van der Waals surface area contributed by atoms with Crippen LogP contribution in [0.5, 0.6) is 0 Å². The number of halogens is 3. The summed E-state index contributed by atoms with van der Waals surface area (Å²) in [5.41, 5.74) is 0.342. The second-order valence-electron chi connectivity index (χ2n) is 5.56. The molecule has 0 radical (unpaired) electrons. The van der Waals surface area contributed by atoms with Crippen LogP contribution in [-0.4, -0.2) is 24.0 Å². The van der Waals surface area contributed by atoms with E-state index in [-0.39, 0.29) is 5.91 Å². The molecule has 2 aromatic carbocycles. The van der Waals surface area contributed by atoms with Crippen LogP contribution in [0.1, 0.15) is 34.1 Å². The second-order valence-corrected chi connectivity index (χ2v) is 5.56. The molecule has 1 heterocycles. The summed E-state index contributed by atoms with van der Waals surface area (Å²) < 4.78 is 43.7. The van der Waals surface area contributed by atoms with Crippen molar-refractivity contribution in [3.8, 4) is 0 Å². The van der Waals surface area contributed by atoms with E-state index in [0.29, 0.717) is 30.7 Å². The second kappa shape index (κ2) is 6.65. The molecule has 3 rings (SSSR count). The highest BCUT2D eigenvalue weighted by atomic mass is 19.4. The number of hydrogen-bond acceptors (Lipinski definition) is 2. The van der Waals surface area contributed by atoms with E-state index in [0.717, 1.165) is 12.1 Å². The first-order valence-corrected chi connectivity index (χ1v) is 7.61. The summed E-state index contributed by atoms with van der Waals surface area (Å²) in [6.07, 6.45) is -4.37. The molecule has 1 amide bonds. The van der Waals surface area contributed by atoms with E-state index in [1.54, 1.807) is 29.2 Å². The molecule has 24 heavy (non-hydrogen) atoms. The van der Waals surface area contributed by atoms with Crippen molar-refractivity contribution >= 4 is 5.91 Å². The Kier molecular flexibility index (Phi) is 4.57. The number of nitrogens with zero attached hydrogens (tertiary/aromatic N) is 1. The smallest absolute Gasteiger partial charge is 0.354 e. The molecule has 0 saturated carbocycles. The van der Waals surface area contributed by atoms with Crippen LogP contribution in [0.2, 0.25) is 0 Å². The van der Waals surface area contributed by atoms with Crippen molar-refractivity contribution in [1.82, 2.24) is 4.90 Å². The number of alkyl halides is 3. The molecule has 1 atom stereocenters. The molecule has 2 aromatic rings. The SMILES string of the molecule is O=C(c1ccccc1)N1CCCO[C@@H]1c1ccc(C(F)(F)F)cc1. The lowest BCUT2D eigenvalue weighted by molar-refractivity contribution is -0.137. The quantitative estimate of drug-likeness (QED) is 0.820. The van der Waals surface area contributed by atoms with Crippen molar-refractivity contribution < 1.29 is 22.7 Å². The van der Waals surface area contributed by atoms with Gasteiger partial charge in [0.15, 0.2) is 6.23 Å². The minimum atomic E-state index is -4.38. The van der Waals surface area contributed by atoms with E-state index in [9.17, 15) is 18.0 Å². The van der Waals surface area contributed by atoms with Gasteiger partial charge in [-0.15, -0.1) is 0 Å². The third kappa shape index (κ3) is 3.43. The van der Waals surface area contributed by atoms with Crippen LogP contribution < -0.4 is 0 Å². The topological polar surface area (TPSA) is 29.5 Å². The normalized spacial score (nSPS) is 18.5. The Labute approximate surface area is 137 Å². The van der Waals surface area contributed by atoms with Gasteiger partial charge in [0.05, 0.1) is 12.2 Å². The fourth-order valence-electron chi connectivity index (χ4n) is 2.70. The van der Waals surface area contributed by atoms with Crippen molar-refractivity contribution in [2.45, 2.75) is 18.8 Å². The van der Waals surface area contributed by atoms with E-state index in [4.69, 9.17) is 4.74 Å². The summed E-state index contributed by atoms with van der Waals surface area (Å²) in [7, 11) is 0. The van der Waals surface area contributed by atoms with Gasteiger partial charge in [0.2, 0.25) is 0 Å². The summed E-state index contributed by atoms with van der Waals surface area (Å²) in [5, 5.41) is 0. The minimum absolute atomic E-state index is 0.194. The molecule has 3 nitrogen and oxygen atoms in total. The van der Waals surface area contributed by atoms with Crippen molar-refractivity contribution in [3.05, 3.63) is 71.3 Å². The molecule has 1 saturated heterocycles. The van der Waals surface area contributed by atoms with Gasteiger partial charge >= 0.3 is 6.18 Å². The van der Waals surface area contributed by atoms with Crippen LogP contribution in [-0.2, 0) is 10.9 Å². The lowest BCUT2D eigenvalue weighted by Gasteiger charge is -2.36. The number of amides is 1. The highest BCUT2D eigenvalue weighted by Gasteiger charge is 2.32. The van der Waals surface area contributed by atoms with Gasteiger partial charge in [0.1, 0.15) is 0 Å². The fourth-order valence-corrected chi connectivity index (χ4v) is 2.70. The average Bonchev–Trinajstić information content (AvgIpc) is 2.61. The Morgan fingerprint density at radius 3 is 2.33 bits per heavy atom. The van der Waals surface area contributed by atoms with Crippen molar-refractivity contribution in [2.75, 3.05) is 13.2 Å². The number of carbonyl (C=O) groups is 1. The lowest BCUT2D eigenvalue weighted by atomic mass is 10.1. The van der Waals surface area contributed by atoms with Gasteiger partial charge in [-0.05, 0) is 30.7 Å². The summed E-state index contributed by atoms with van der Waals surface area (Å²) in [6.45, 7) is 0.962. The zero-order valence-electron chi connectivity index (χ0n) is 12.8. The van der Waals surface area contributed by atoms with E-state index in [1.807, 2.05) is 6.07 Å². The monoisotopic (exact) mass is 335 g/mol. The molecule has 0 aliphatic carbocycles. The first kappa shape index (κ1) is 16.5. The number of ether oxygens (including phenoxy) is 1. The fraction of sp³-hybridized carbons (Fsp3) is 0.278. The predicted octanol–water partition coefficient (Wildman–Crippen LogP) is 4.27. The van der Waals surface area contributed by atoms with Gasteiger partial charge in [-0.2, -0.15) is 13.2 Å². The van der Waals surface area contributed by atoms with Gasteiger partial charge < -0.3 is 9.64 Å². The van der Waals surface area contributed by atoms with Crippen LogP contribution in [0.3, 0.4) is 0 Å². The highest BCUT2D eigenvalue weighted by Crippen LogP contribution is 2.32. The van der Waals surface area contributed by atoms with Gasteiger partial charge in [-0.1, -0.05) is 30.3 Å². The first-order chi connectivity index (χ1) is 11.5. The molecule has 126 valence electrons. The van der Waals surface area contributed by atoms with Gasteiger partial charge in [0, 0.05) is 17.7 Å². The zero-order valence-corrected chi connectivity index (χ0v) is 12.8. The average molecular weight is 335 g/mol. The molecule has 0 N–H and O–H groups in total.